The van der Waals surface area contributed by atoms with Crippen LogP contribution in [0.15, 0.2) is 41.9 Å². The Morgan fingerprint density at radius 3 is 2.66 bits per heavy atom. The quantitative estimate of drug-likeness (QED) is 0.199. The highest BCUT2D eigenvalue weighted by atomic mass is 127. The number of carbonyl (C=O) groups excluding carboxylic acids is 1. The SMILES string of the molecule is C=CCN1CCC(NC(=NC)NCc2cccc(CN3CCCC(C(N)=O)C3)c2)CC1.I. The highest BCUT2D eigenvalue weighted by Crippen LogP contribution is 2.19. The molecule has 0 aliphatic carbocycles. The maximum atomic E-state index is 11.5. The van der Waals surface area contributed by atoms with Crippen LogP contribution < -0.4 is 16.4 Å². The van der Waals surface area contributed by atoms with Gasteiger partial charge in [-0.05, 0) is 43.4 Å². The summed E-state index contributed by atoms with van der Waals surface area (Å²) in [5.74, 6) is 0.664. The molecule has 2 heterocycles. The summed E-state index contributed by atoms with van der Waals surface area (Å²) >= 11 is 0. The van der Waals surface area contributed by atoms with E-state index in [9.17, 15) is 4.79 Å². The smallest absolute Gasteiger partial charge is 0.221 e. The summed E-state index contributed by atoms with van der Waals surface area (Å²) in [4.78, 5) is 20.7. The number of piperidine rings is 2. The number of aliphatic imine (C=N–C) groups is 1. The summed E-state index contributed by atoms with van der Waals surface area (Å²) in [5.41, 5.74) is 8.01. The van der Waals surface area contributed by atoms with E-state index in [4.69, 9.17) is 5.73 Å². The Balaban J connectivity index is 0.00000363. The summed E-state index contributed by atoms with van der Waals surface area (Å²) in [6, 6.07) is 9.09. The first kappa shape index (κ1) is 26.6. The van der Waals surface area contributed by atoms with Gasteiger partial charge in [0.2, 0.25) is 5.91 Å². The van der Waals surface area contributed by atoms with E-state index < -0.39 is 0 Å². The predicted molar refractivity (Wildman–Crippen MR) is 142 cm³/mol. The molecule has 1 unspecified atom stereocenters. The Bertz CT molecular complexity index is 763. The average Bonchev–Trinajstić information content (AvgIpc) is 2.78. The Hall–Kier alpha value is -1.65. The van der Waals surface area contributed by atoms with Crippen molar-refractivity contribution in [3.8, 4) is 0 Å². The first-order valence-electron chi connectivity index (χ1n) is 11.5. The van der Waals surface area contributed by atoms with Crippen molar-refractivity contribution in [3.05, 3.63) is 48.0 Å². The molecule has 2 saturated heterocycles. The van der Waals surface area contributed by atoms with Crippen molar-refractivity contribution >= 4 is 35.8 Å². The van der Waals surface area contributed by atoms with Crippen LogP contribution in [0.25, 0.3) is 0 Å². The Kier molecular flexibility index (Phi) is 11.5. The van der Waals surface area contributed by atoms with Crippen LogP contribution in [0.4, 0.5) is 0 Å². The maximum Gasteiger partial charge on any atom is 0.221 e. The van der Waals surface area contributed by atoms with Crippen LogP contribution in [0, 0.1) is 5.92 Å². The van der Waals surface area contributed by atoms with Crippen LogP contribution in [-0.4, -0.2) is 67.5 Å². The molecule has 1 amide bonds. The summed E-state index contributed by atoms with van der Waals surface area (Å²) < 4.78 is 0. The zero-order chi connectivity index (χ0) is 22.1. The van der Waals surface area contributed by atoms with Gasteiger partial charge in [0, 0.05) is 52.4 Å². The monoisotopic (exact) mass is 554 g/mol. The highest BCUT2D eigenvalue weighted by molar-refractivity contribution is 14.0. The topological polar surface area (TPSA) is 86.0 Å². The van der Waals surface area contributed by atoms with Crippen molar-refractivity contribution in [1.82, 2.24) is 20.4 Å². The number of benzene rings is 1. The van der Waals surface area contributed by atoms with Gasteiger partial charge in [0.05, 0.1) is 5.92 Å². The van der Waals surface area contributed by atoms with Crippen molar-refractivity contribution in [2.45, 2.75) is 44.8 Å². The second-order valence-electron chi connectivity index (χ2n) is 8.73. The van der Waals surface area contributed by atoms with Gasteiger partial charge in [0.15, 0.2) is 5.96 Å². The predicted octanol–water partition coefficient (Wildman–Crippen LogP) is 2.32. The number of carbonyl (C=O) groups is 1. The lowest BCUT2D eigenvalue weighted by Gasteiger charge is -2.32. The number of nitrogens with zero attached hydrogens (tertiary/aromatic N) is 3. The fourth-order valence-electron chi connectivity index (χ4n) is 4.54. The van der Waals surface area contributed by atoms with Crippen molar-refractivity contribution in [3.63, 3.8) is 0 Å². The van der Waals surface area contributed by atoms with Crippen LogP contribution >= 0.6 is 24.0 Å². The van der Waals surface area contributed by atoms with Gasteiger partial charge in [0.25, 0.3) is 0 Å². The lowest BCUT2D eigenvalue weighted by Crippen LogP contribution is -2.48. The fourth-order valence-corrected chi connectivity index (χ4v) is 4.54. The molecule has 0 saturated carbocycles. The molecule has 0 bridgehead atoms. The van der Waals surface area contributed by atoms with Gasteiger partial charge in [-0.25, -0.2) is 0 Å². The van der Waals surface area contributed by atoms with Crippen molar-refractivity contribution < 1.29 is 4.79 Å². The van der Waals surface area contributed by atoms with Gasteiger partial charge in [0.1, 0.15) is 0 Å². The van der Waals surface area contributed by atoms with Crippen LogP contribution in [0.2, 0.25) is 0 Å². The van der Waals surface area contributed by atoms with Crippen LogP contribution in [0.3, 0.4) is 0 Å². The van der Waals surface area contributed by atoms with E-state index in [0.717, 1.165) is 77.5 Å². The molecule has 8 heteroatoms. The van der Waals surface area contributed by atoms with Gasteiger partial charge in [-0.2, -0.15) is 0 Å². The van der Waals surface area contributed by atoms with Crippen molar-refractivity contribution in [1.29, 1.82) is 0 Å². The van der Waals surface area contributed by atoms with E-state index in [1.54, 1.807) is 0 Å². The van der Waals surface area contributed by atoms with Crippen LogP contribution in [-0.2, 0) is 17.9 Å². The molecule has 2 fully saturated rings. The molecule has 7 nitrogen and oxygen atoms in total. The fraction of sp³-hybridized carbons (Fsp3) is 0.583. The average molecular weight is 555 g/mol. The molecule has 1 atom stereocenters. The van der Waals surface area contributed by atoms with Crippen LogP contribution in [0.1, 0.15) is 36.8 Å². The minimum absolute atomic E-state index is 0. The molecule has 178 valence electrons. The number of amides is 1. The number of halogens is 1. The second-order valence-corrected chi connectivity index (χ2v) is 8.73. The second kappa shape index (κ2) is 13.8. The summed E-state index contributed by atoms with van der Waals surface area (Å²) in [5, 5.41) is 7.03. The summed E-state index contributed by atoms with van der Waals surface area (Å²) in [6.45, 7) is 10.4. The van der Waals surface area contributed by atoms with Crippen molar-refractivity contribution in [2.75, 3.05) is 39.8 Å². The van der Waals surface area contributed by atoms with Gasteiger partial charge >= 0.3 is 0 Å². The van der Waals surface area contributed by atoms with E-state index in [-0.39, 0.29) is 35.8 Å². The third-order valence-corrected chi connectivity index (χ3v) is 6.30. The lowest BCUT2D eigenvalue weighted by molar-refractivity contribution is -0.123. The number of likely N-dealkylation sites (tertiary alicyclic amines) is 2. The van der Waals surface area contributed by atoms with E-state index in [0.29, 0.717) is 6.04 Å². The number of primary amides is 1. The molecule has 0 aromatic heterocycles. The third kappa shape index (κ3) is 8.37. The number of nitrogens with two attached hydrogens (primary N) is 1. The molecule has 1 aromatic carbocycles. The van der Waals surface area contributed by atoms with Crippen molar-refractivity contribution in [2.24, 2.45) is 16.6 Å². The van der Waals surface area contributed by atoms with Gasteiger partial charge in [-0.15, -0.1) is 30.6 Å². The first-order chi connectivity index (χ1) is 15.1. The minimum atomic E-state index is -0.173. The maximum absolute atomic E-state index is 11.5. The molecule has 0 radical (unpaired) electrons. The molecular formula is C24H39IN6O. The standard InChI is InChI=1S/C24H38N6O.HI/c1-3-11-29-13-9-22(10-14-29)28-24(26-2)27-16-19-6-4-7-20(15-19)17-30-12-5-8-21(18-30)23(25)31;/h3-4,6-7,15,21-22H,1,5,8-14,16-18H2,2H3,(H2,25,31)(H2,26,27,28);1H. The minimum Gasteiger partial charge on any atom is -0.369 e. The van der Waals surface area contributed by atoms with E-state index in [1.165, 1.54) is 11.1 Å². The molecule has 4 N–H and O–H groups in total. The Morgan fingerprint density at radius 2 is 1.97 bits per heavy atom. The number of hydrogen-bond donors (Lipinski definition) is 3. The number of rotatable bonds is 8. The Morgan fingerprint density at radius 1 is 1.22 bits per heavy atom. The normalized spacial score (nSPS) is 20.9. The van der Waals surface area contributed by atoms with Gasteiger partial charge in [-0.1, -0.05) is 30.3 Å². The third-order valence-electron chi connectivity index (χ3n) is 6.30. The largest absolute Gasteiger partial charge is 0.369 e. The molecular weight excluding hydrogens is 515 g/mol. The number of guanidine groups is 1. The highest BCUT2D eigenvalue weighted by Gasteiger charge is 2.24. The van der Waals surface area contributed by atoms with E-state index in [1.807, 2.05) is 13.1 Å². The molecule has 2 aliphatic heterocycles. The molecule has 32 heavy (non-hydrogen) atoms. The Labute approximate surface area is 209 Å². The number of hydrogen-bond acceptors (Lipinski definition) is 4. The zero-order valence-electron chi connectivity index (χ0n) is 19.3. The van der Waals surface area contributed by atoms with Crippen LogP contribution in [0.5, 0.6) is 0 Å². The molecule has 0 spiro atoms. The van der Waals surface area contributed by atoms with Gasteiger partial charge < -0.3 is 16.4 Å². The molecule has 2 aliphatic rings. The summed E-state index contributed by atoms with van der Waals surface area (Å²) in [7, 11) is 1.82. The van der Waals surface area contributed by atoms with E-state index in [2.05, 4.69) is 56.3 Å². The zero-order valence-corrected chi connectivity index (χ0v) is 21.6. The van der Waals surface area contributed by atoms with E-state index >= 15 is 0 Å². The molecule has 1 aromatic rings. The lowest BCUT2D eigenvalue weighted by atomic mass is 9.97. The first-order valence-corrected chi connectivity index (χ1v) is 11.5. The molecule has 3 rings (SSSR count). The number of nitrogens with one attached hydrogen (secondary N) is 2. The summed E-state index contributed by atoms with van der Waals surface area (Å²) in [6.07, 6.45) is 6.15. The van der Waals surface area contributed by atoms with Gasteiger partial charge in [-0.3, -0.25) is 19.6 Å².